The molecule has 0 unspecified atom stereocenters. The minimum atomic E-state index is -3.66. The van der Waals surface area contributed by atoms with Gasteiger partial charge in [-0.15, -0.1) is 0 Å². The molecule has 2 aromatic carbocycles. The second-order valence-electron chi connectivity index (χ2n) is 7.79. The molecule has 2 aliphatic rings. The fraction of sp³-hybridized carbons (Fsp3) is 0.318. The molecular formula is C22H22N2O6S. The number of imide groups is 1. The fourth-order valence-electron chi connectivity index (χ4n) is 3.77. The number of hydroxylamine groups is 2. The third kappa shape index (κ3) is 3.75. The third-order valence-corrected chi connectivity index (χ3v) is 7.74. The first-order valence-electron chi connectivity index (χ1n) is 9.97. The molecule has 8 nitrogen and oxygen atoms in total. The number of piperidine rings is 1. The minimum Gasteiger partial charge on any atom is -0.329 e. The van der Waals surface area contributed by atoms with Crippen LogP contribution < -0.4 is 0 Å². The Balaban J connectivity index is 1.40. The Morgan fingerprint density at radius 3 is 2.06 bits per heavy atom. The van der Waals surface area contributed by atoms with Crippen LogP contribution in [-0.4, -0.2) is 48.7 Å². The van der Waals surface area contributed by atoms with E-state index in [1.54, 1.807) is 30.3 Å². The topological polar surface area (TPSA) is 101 Å². The molecule has 9 heteroatoms. The number of sulfonamides is 1. The summed E-state index contributed by atoms with van der Waals surface area (Å²) in [6, 6.07) is 11.3. The van der Waals surface area contributed by atoms with E-state index in [9.17, 15) is 22.8 Å². The molecular weight excluding hydrogens is 420 g/mol. The molecule has 0 saturated carbocycles. The quantitative estimate of drug-likeness (QED) is 0.674. The monoisotopic (exact) mass is 442 g/mol. The first-order chi connectivity index (χ1) is 14.7. The van der Waals surface area contributed by atoms with Crippen molar-refractivity contribution < 1.29 is 27.6 Å². The average Bonchev–Trinajstić information content (AvgIpc) is 3.00. The number of aryl methyl sites for hydroxylation is 2. The minimum absolute atomic E-state index is 0.150. The number of carbonyl (C=O) groups excluding carboxylic acids is 3. The lowest BCUT2D eigenvalue weighted by molar-refractivity contribution is -0.175. The van der Waals surface area contributed by atoms with Crippen molar-refractivity contribution in [1.82, 2.24) is 9.37 Å². The van der Waals surface area contributed by atoms with Gasteiger partial charge < -0.3 is 4.84 Å². The van der Waals surface area contributed by atoms with Crippen molar-refractivity contribution >= 4 is 27.8 Å². The maximum Gasteiger partial charge on any atom is 0.336 e. The third-order valence-electron chi connectivity index (χ3n) is 5.84. The number of nitrogens with zero attached hydrogens (tertiary/aromatic N) is 2. The first kappa shape index (κ1) is 21.2. The zero-order valence-corrected chi connectivity index (χ0v) is 18.0. The van der Waals surface area contributed by atoms with E-state index in [1.165, 1.54) is 16.4 Å². The highest BCUT2D eigenvalue weighted by Gasteiger charge is 2.41. The lowest BCUT2D eigenvalue weighted by Gasteiger charge is -2.30. The van der Waals surface area contributed by atoms with Crippen LogP contribution in [0.5, 0.6) is 0 Å². The van der Waals surface area contributed by atoms with Crippen LogP contribution in [0.25, 0.3) is 0 Å². The molecule has 0 spiro atoms. The molecule has 162 valence electrons. The van der Waals surface area contributed by atoms with Crippen molar-refractivity contribution in [3.05, 3.63) is 64.7 Å². The van der Waals surface area contributed by atoms with Crippen LogP contribution in [0.3, 0.4) is 0 Å². The van der Waals surface area contributed by atoms with Crippen LogP contribution in [0.15, 0.2) is 47.4 Å². The van der Waals surface area contributed by atoms with E-state index in [1.807, 2.05) is 13.8 Å². The maximum absolute atomic E-state index is 12.9. The lowest BCUT2D eigenvalue weighted by atomic mass is 9.99. The van der Waals surface area contributed by atoms with Gasteiger partial charge in [0.15, 0.2) is 0 Å². The van der Waals surface area contributed by atoms with Gasteiger partial charge in [-0.2, -0.15) is 4.31 Å². The van der Waals surface area contributed by atoms with Crippen LogP contribution in [0.4, 0.5) is 0 Å². The van der Waals surface area contributed by atoms with E-state index in [0.717, 1.165) is 11.1 Å². The average molecular weight is 442 g/mol. The molecule has 2 aromatic rings. The van der Waals surface area contributed by atoms with Crippen molar-refractivity contribution in [1.29, 1.82) is 0 Å². The van der Waals surface area contributed by atoms with Crippen LogP contribution in [-0.2, 0) is 19.7 Å². The Bertz CT molecular complexity index is 1150. The highest BCUT2D eigenvalue weighted by Crippen LogP contribution is 2.28. The molecule has 2 amide bonds. The molecule has 0 aliphatic carbocycles. The van der Waals surface area contributed by atoms with Gasteiger partial charge in [0.25, 0.3) is 11.8 Å². The number of amides is 2. The van der Waals surface area contributed by atoms with Crippen molar-refractivity contribution in [3.63, 3.8) is 0 Å². The van der Waals surface area contributed by atoms with E-state index in [2.05, 4.69) is 0 Å². The SMILES string of the molecule is Cc1ccc(S(=O)(=O)N2CCC(C(=O)ON3C(=O)c4ccccc4C3=O)CC2)cc1C. The number of fused-ring (bicyclic) bond motifs is 1. The Morgan fingerprint density at radius 1 is 0.935 bits per heavy atom. The molecule has 0 atom stereocenters. The number of hydrogen-bond acceptors (Lipinski definition) is 6. The Labute approximate surface area is 180 Å². The smallest absolute Gasteiger partial charge is 0.329 e. The number of hydrogen-bond donors (Lipinski definition) is 0. The van der Waals surface area contributed by atoms with Gasteiger partial charge in [-0.3, -0.25) is 9.59 Å². The molecule has 0 aromatic heterocycles. The summed E-state index contributed by atoms with van der Waals surface area (Å²) >= 11 is 0. The number of rotatable bonds is 4. The summed E-state index contributed by atoms with van der Waals surface area (Å²) < 4.78 is 27.2. The van der Waals surface area contributed by atoms with E-state index in [-0.39, 0.29) is 42.0 Å². The summed E-state index contributed by atoms with van der Waals surface area (Å²) in [5, 5.41) is 0.491. The van der Waals surface area contributed by atoms with Gasteiger partial charge in [-0.25, -0.2) is 13.2 Å². The van der Waals surface area contributed by atoms with Crippen molar-refractivity contribution in [2.24, 2.45) is 5.92 Å². The van der Waals surface area contributed by atoms with Gasteiger partial charge in [-0.05, 0) is 62.1 Å². The van der Waals surface area contributed by atoms with E-state index in [4.69, 9.17) is 4.84 Å². The molecule has 0 radical (unpaired) electrons. The van der Waals surface area contributed by atoms with E-state index >= 15 is 0 Å². The van der Waals surface area contributed by atoms with Gasteiger partial charge >= 0.3 is 5.97 Å². The van der Waals surface area contributed by atoms with Crippen LogP contribution >= 0.6 is 0 Å². The predicted octanol–water partition coefficient (Wildman–Crippen LogP) is 2.46. The Hall–Kier alpha value is -3.04. The highest BCUT2D eigenvalue weighted by atomic mass is 32.2. The number of benzene rings is 2. The second-order valence-corrected chi connectivity index (χ2v) is 9.72. The van der Waals surface area contributed by atoms with Gasteiger partial charge in [0.05, 0.1) is 21.9 Å². The largest absolute Gasteiger partial charge is 0.336 e. The molecule has 2 heterocycles. The standard InChI is InChI=1S/C22H22N2O6S/c1-14-7-8-17(13-15(14)2)31(28,29)23-11-9-16(10-12-23)22(27)30-24-20(25)18-5-3-4-6-19(18)21(24)26/h3-8,13,16H,9-12H2,1-2H3. The first-order valence-corrected chi connectivity index (χ1v) is 11.4. The molecule has 4 rings (SSSR count). The maximum atomic E-state index is 12.9. The van der Waals surface area contributed by atoms with Crippen molar-refractivity contribution in [3.8, 4) is 0 Å². The summed E-state index contributed by atoms with van der Waals surface area (Å²) in [6.45, 7) is 4.07. The molecule has 0 bridgehead atoms. The molecule has 0 N–H and O–H groups in total. The summed E-state index contributed by atoms with van der Waals surface area (Å²) in [6.07, 6.45) is 0.484. The number of carbonyl (C=O) groups is 3. The molecule has 1 saturated heterocycles. The summed E-state index contributed by atoms with van der Waals surface area (Å²) in [5.41, 5.74) is 2.28. The lowest BCUT2D eigenvalue weighted by Crippen LogP contribution is -2.42. The van der Waals surface area contributed by atoms with Gasteiger partial charge in [0, 0.05) is 13.1 Å². The molecule has 1 fully saturated rings. The zero-order chi connectivity index (χ0) is 22.3. The second kappa shape index (κ2) is 7.90. The normalized spacial score (nSPS) is 17.7. The van der Waals surface area contributed by atoms with Crippen molar-refractivity contribution in [2.45, 2.75) is 31.6 Å². The van der Waals surface area contributed by atoms with E-state index < -0.39 is 33.7 Å². The van der Waals surface area contributed by atoms with E-state index in [0.29, 0.717) is 5.06 Å². The highest BCUT2D eigenvalue weighted by molar-refractivity contribution is 7.89. The Kier molecular flexibility index (Phi) is 5.40. The summed E-state index contributed by atoms with van der Waals surface area (Å²) in [7, 11) is -3.66. The molecule has 31 heavy (non-hydrogen) atoms. The Morgan fingerprint density at radius 2 is 1.52 bits per heavy atom. The van der Waals surface area contributed by atoms with Crippen LogP contribution in [0, 0.1) is 19.8 Å². The zero-order valence-electron chi connectivity index (χ0n) is 17.2. The van der Waals surface area contributed by atoms with Gasteiger partial charge in [-0.1, -0.05) is 23.3 Å². The summed E-state index contributed by atoms with van der Waals surface area (Å²) in [5.74, 6) is -2.67. The fourth-order valence-corrected chi connectivity index (χ4v) is 5.33. The van der Waals surface area contributed by atoms with Crippen LogP contribution in [0.2, 0.25) is 0 Å². The van der Waals surface area contributed by atoms with Gasteiger partial charge in [0.1, 0.15) is 0 Å². The predicted molar refractivity (Wildman–Crippen MR) is 110 cm³/mol. The van der Waals surface area contributed by atoms with Crippen LogP contribution in [0.1, 0.15) is 44.7 Å². The van der Waals surface area contributed by atoms with Crippen molar-refractivity contribution in [2.75, 3.05) is 13.1 Å². The molecule has 2 aliphatic heterocycles. The van der Waals surface area contributed by atoms with Gasteiger partial charge in [0.2, 0.25) is 10.0 Å². The summed E-state index contributed by atoms with van der Waals surface area (Å²) in [4.78, 5) is 42.6.